The highest BCUT2D eigenvalue weighted by Gasteiger charge is 2.50. The molecule has 1 fully saturated rings. The Morgan fingerprint density at radius 3 is 1.41 bits per heavy atom. The summed E-state index contributed by atoms with van der Waals surface area (Å²) in [6, 6.07) is 33.8. The Morgan fingerprint density at radius 2 is 0.955 bits per heavy atom. The van der Waals surface area contributed by atoms with E-state index in [4.69, 9.17) is 0 Å². The van der Waals surface area contributed by atoms with Gasteiger partial charge in [0.2, 0.25) is 0 Å². The molecular weight excluding hydrogens is 296 g/mol. The quantitative estimate of drug-likeness (QED) is 0.652. The average molecular weight is 316 g/mol. The van der Waals surface area contributed by atoms with Crippen molar-refractivity contribution in [2.75, 3.05) is 0 Å². The van der Waals surface area contributed by atoms with Crippen molar-refractivity contribution in [3.8, 4) is 0 Å². The summed E-state index contributed by atoms with van der Waals surface area (Å²) in [6.45, 7) is 0. The normalized spacial score (nSPS) is 16.9. The molecule has 3 aromatic carbocycles. The van der Waals surface area contributed by atoms with E-state index in [0.717, 1.165) is 0 Å². The molecule has 0 aliphatic carbocycles. The number of hydrogen-bond donors (Lipinski definition) is 0. The molecule has 3 aromatic rings. The van der Waals surface area contributed by atoms with Gasteiger partial charge in [-0.25, -0.2) is 0 Å². The fraction of sp³-hybridized carbons (Fsp3) is 0.100. The maximum Gasteiger partial charge on any atom is 0.113 e. The summed E-state index contributed by atoms with van der Waals surface area (Å²) in [5.41, 5.74) is 2.88. The minimum atomic E-state index is -1.50. The molecule has 0 unspecified atom stereocenters. The minimum absolute atomic E-state index is 0.364. The van der Waals surface area contributed by atoms with Gasteiger partial charge >= 0.3 is 0 Å². The largest absolute Gasteiger partial charge is 0.113 e. The Hall–Kier alpha value is -1.91. The summed E-state index contributed by atoms with van der Waals surface area (Å²) in [5, 5.41) is 4.85. The number of hydrogen-bond acceptors (Lipinski definition) is 0. The highest BCUT2D eigenvalue weighted by atomic mass is 28.4. The van der Waals surface area contributed by atoms with Crippen molar-refractivity contribution in [3.05, 3.63) is 91.0 Å². The van der Waals surface area contributed by atoms with Crippen LogP contribution in [0.4, 0.5) is 0 Å². The highest BCUT2D eigenvalue weighted by Crippen LogP contribution is 2.31. The van der Waals surface area contributed by atoms with Crippen LogP contribution in [-0.4, -0.2) is 16.9 Å². The molecule has 1 aliphatic rings. The van der Waals surface area contributed by atoms with Gasteiger partial charge in [0.25, 0.3) is 0 Å². The lowest BCUT2D eigenvalue weighted by atomic mass is 10.4. The zero-order valence-electron chi connectivity index (χ0n) is 12.6. The molecule has 1 saturated heterocycles. The van der Waals surface area contributed by atoms with Crippen LogP contribution < -0.4 is 15.6 Å². The maximum absolute atomic E-state index is 2.36. The van der Waals surface area contributed by atoms with Gasteiger partial charge in [0.1, 0.15) is 8.07 Å². The number of rotatable bonds is 3. The van der Waals surface area contributed by atoms with Crippen molar-refractivity contribution in [1.82, 2.24) is 0 Å². The van der Waals surface area contributed by atoms with E-state index < -0.39 is 8.07 Å². The molecule has 2 heteroatoms. The van der Waals surface area contributed by atoms with Crippen LogP contribution in [0.25, 0.3) is 0 Å². The summed E-state index contributed by atoms with van der Waals surface area (Å²) in [6.07, 6.45) is 0. The zero-order valence-corrected chi connectivity index (χ0v) is 14.6. The minimum Gasteiger partial charge on any atom is -0.0633 e. The van der Waals surface area contributed by atoms with Crippen LogP contribution in [0.15, 0.2) is 91.0 Å². The van der Waals surface area contributed by atoms with E-state index in [1.807, 2.05) is 0 Å². The standard InChI is InChI=1S/C20H19Si2/c1-4-10-18(11-5-1)21-16-22(17-21,19-12-6-2-7-13-19)20-14-8-3-9-15-20/h1-15H,16-17H2. The second-order valence-electron chi connectivity index (χ2n) is 6.14. The second-order valence-corrected chi connectivity index (χ2v) is 14.1. The van der Waals surface area contributed by atoms with Crippen molar-refractivity contribution in [1.29, 1.82) is 0 Å². The van der Waals surface area contributed by atoms with E-state index >= 15 is 0 Å². The van der Waals surface area contributed by atoms with Crippen LogP contribution in [0.5, 0.6) is 0 Å². The van der Waals surface area contributed by atoms with Crippen molar-refractivity contribution in [2.24, 2.45) is 0 Å². The predicted molar refractivity (Wildman–Crippen MR) is 99.4 cm³/mol. The molecular formula is C20H19Si2. The van der Waals surface area contributed by atoms with Crippen LogP contribution >= 0.6 is 0 Å². The fourth-order valence-corrected chi connectivity index (χ4v) is 16.6. The average Bonchev–Trinajstić information content (AvgIpc) is 2.57. The van der Waals surface area contributed by atoms with Gasteiger partial charge in [-0.05, 0) is 0 Å². The van der Waals surface area contributed by atoms with Gasteiger partial charge in [-0.3, -0.25) is 0 Å². The molecule has 0 spiro atoms. The molecule has 0 saturated carbocycles. The van der Waals surface area contributed by atoms with Crippen molar-refractivity contribution < 1.29 is 0 Å². The smallest absolute Gasteiger partial charge is 0.0633 e. The van der Waals surface area contributed by atoms with Gasteiger partial charge < -0.3 is 0 Å². The van der Waals surface area contributed by atoms with Crippen molar-refractivity contribution in [2.45, 2.75) is 11.3 Å². The molecule has 1 heterocycles. The molecule has 107 valence electrons. The zero-order chi connectivity index (χ0) is 14.8. The molecule has 22 heavy (non-hydrogen) atoms. The van der Waals surface area contributed by atoms with Crippen LogP contribution in [0.3, 0.4) is 0 Å². The van der Waals surface area contributed by atoms with Crippen LogP contribution in [0, 0.1) is 0 Å². The van der Waals surface area contributed by atoms with Crippen molar-refractivity contribution >= 4 is 32.4 Å². The molecule has 0 bridgehead atoms. The third-order valence-electron chi connectivity index (χ3n) is 4.87. The van der Waals surface area contributed by atoms with Crippen LogP contribution in [0.1, 0.15) is 0 Å². The van der Waals surface area contributed by atoms with E-state index in [2.05, 4.69) is 91.0 Å². The first-order valence-corrected chi connectivity index (χ1v) is 12.2. The Kier molecular flexibility index (Phi) is 3.56. The lowest BCUT2D eigenvalue weighted by Crippen LogP contribution is -2.71. The first-order chi connectivity index (χ1) is 10.9. The predicted octanol–water partition coefficient (Wildman–Crippen LogP) is 2.74. The number of benzene rings is 3. The third-order valence-corrected chi connectivity index (χ3v) is 17.1. The molecule has 4 rings (SSSR count). The van der Waals surface area contributed by atoms with E-state index in [9.17, 15) is 0 Å². The molecule has 0 N–H and O–H groups in total. The Morgan fingerprint density at radius 1 is 0.545 bits per heavy atom. The summed E-state index contributed by atoms with van der Waals surface area (Å²) in [4.78, 5) is 0. The van der Waals surface area contributed by atoms with E-state index in [1.165, 1.54) is 11.3 Å². The second kappa shape index (κ2) is 5.71. The van der Waals surface area contributed by atoms with Gasteiger partial charge in [-0.15, -0.1) is 0 Å². The first-order valence-electron chi connectivity index (χ1n) is 7.90. The summed E-state index contributed by atoms with van der Waals surface area (Å²) < 4.78 is 0. The third kappa shape index (κ3) is 2.29. The molecule has 0 aromatic heterocycles. The monoisotopic (exact) mass is 315 g/mol. The Balaban J connectivity index is 1.71. The van der Waals surface area contributed by atoms with Gasteiger partial charge in [-0.1, -0.05) is 118 Å². The van der Waals surface area contributed by atoms with Gasteiger partial charge in [-0.2, -0.15) is 0 Å². The van der Waals surface area contributed by atoms with Crippen molar-refractivity contribution in [3.63, 3.8) is 0 Å². The van der Waals surface area contributed by atoms with Crippen LogP contribution in [-0.2, 0) is 0 Å². The maximum atomic E-state index is 2.36. The molecule has 1 aliphatic heterocycles. The summed E-state index contributed by atoms with van der Waals surface area (Å²) in [7, 11) is -1.86. The molecule has 0 nitrogen and oxygen atoms in total. The fourth-order valence-electron chi connectivity index (χ4n) is 3.64. The summed E-state index contributed by atoms with van der Waals surface area (Å²) >= 11 is 0. The van der Waals surface area contributed by atoms with E-state index in [1.54, 1.807) is 15.6 Å². The molecule has 0 atom stereocenters. The highest BCUT2D eigenvalue weighted by molar-refractivity contribution is 7.21. The van der Waals surface area contributed by atoms with E-state index in [0.29, 0.717) is 0 Å². The topological polar surface area (TPSA) is 0 Å². The van der Waals surface area contributed by atoms with Crippen LogP contribution in [0.2, 0.25) is 11.3 Å². The Labute approximate surface area is 135 Å². The van der Waals surface area contributed by atoms with E-state index in [-0.39, 0.29) is 8.80 Å². The van der Waals surface area contributed by atoms with Gasteiger partial charge in [0, 0.05) is 0 Å². The SMILES string of the molecule is c1ccc([Si]2C[Si](c3ccccc3)(c3ccccc3)C2)cc1. The van der Waals surface area contributed by atoms with Gasteiger partial charge in [0.15, 0.2) is 0 Å². The Bertz CT molecular complexity index is 691. The molecule has 0 amide bonds. The summed E-state index contributed by atoms with van der Waals surface area (Å²) in [5.74, 6) is 0. The first kappa shape index (κ1) is 13.7. The lowest BCUT2D eigenvalue weighted by Gasteiger charge is -2.46. The lowest BCUT2D eigenvalue weighted by molar-refractivity contribution is 1.47. The van der Waals surface area contributed by atoms with Gasteiger partial charge in [0.05, 0.1) is 8.80 Å². The molecule has 1 radical (unpaired) electrons.